The molecule has 0 radical (unpaired) electrons. The molecule has 0 aromatic heterocycles. The van der Waals surface area contributed by atoms with Gasteiger partial charge in [-0.15, -0.1) is 0 Å². The van der Waals surface area contributed by atoms with E-state index >= 15 is 0 Å². The maximum atomic E-state index is 12.3. The Bertz CT molecular complexity index is 978. The summed E-state index contributed by atoms with van der Waals surface area (Å²) in [5.74, 6) is -1.80. The molecular formula is C24H26N2O6. The number of alkyl carbamates (subject to hydrolysis) is 1. The van der Waals surface area contributed by atoms with Crippen LogP contribution in [-0.4, -0.2) is 55.0 Å². The Balaban J connectivity index is 1.29. The molecule has 1 saturated heterocycles. The second kappa shape index (κ2) is 9.40. The van der Waals surface area contributed by atoms with Crippen LogP contribution in [0.2, 0.25) is 0 Å². The molecular weight excluding hydrogens is 412 g/mol. The van der Waals surface area contributed by atoms with E-state index in [1.54, 1.807) is 6.92 Å². The van der Waals surface area contributed by atoms with Gasteiger partial charge in [-0.2, -0.15) is 0 Å². The van der Waals surface area contributed by atoms with E-state index in [2.05, 4.69) is 22.8 Å². The smallest absolute Gasteiger partial charge is 0.407 e. The highest BCUT2D eigenvalue weighted by Gasteiger charge is 2.34. The van der Waals surface area contributed by atoms with Gasteiger partial charge in [-0.1, -0.05) is 48.5 Å². The first-order valence-electron chi connectivity index (χ1n) is 10.7. The zero-order valence-electron chi connectivity index (χ0n) is 17.7. The van der Waals surface area contributed by atoms with Crippen LogP contribution in [0.25, 0.3) is 11.1 Å². The quantitative estimate of drug-likeness (QED) is 0.612. The fraction of sp³-hybridized carbons (Fsp3) is 0.375. The lowest BCUT2D eigenvalue weighted by Gasteiger charge is -2.19. The van der Waals surface area contributed by atoms with Crippen molar-refractivity contribution in [3.63, 3.8) is 0 Å². The van der Waals surface area contributed by atoms with Gasteiger partial charge in [-0.25, -0.2) is 9.59 Å². The summed E-state index contributed by atoms with van der Waals surface area (Å²) in [5, 5.41) is 14.4. The first kappa shape index (κ1) is 21.8. The van der Waals surface area contributed by atoms with E-state index in [9.17, 15) is 14.4 Å². The Labute approximate surface area is 185 Å². The van der Waals surface area contributed by atoms with Crippen molar-refractivity contribution in [1.29, 1.82) is 0 Å². The minimum absolute atomic E-state index is 0.0624. The van der Waals surface area contributed by atoms with Gasteiger partial charge in [-0.05, 0) is 35.6 Å². The van der Waals surface area contributed by atoms with Gasteiger partial charge in [0.25, 0.3) is 0 Å². The van der Waals surface area contributed by atoms with E-state index < -0.39 is 30.1 Å². The van der Waals surface area contributed by atoms with Crippen molar-refractivity contribution in [3.05, 3.63) is 59.7 Å². The number of aliphatic carboxylic acids is 1. The highest BCUT2D eigenvalue weighted by Crippen LogP contribution is 2.44. The number of ether oxygens (including phenoxy) is 2. The lowest BCUT2D eigenvalue weighted by Crippen LogP contribution is -2.47. The second-order valence-corrected chi connectivity index (χ2v) is 8.12. The third kappa shape index (κ3) is 4.45. The van der Waals surface area contributed by atoms with Crippen LogP contribution in [0, 0.1) is 5.92 Å². The summed E-state index contributed by atoms with van der Waals surface area (Å²) in [6.45, 7) is 2.24. The van der Waals surface area contributed by atoms with Crippen molar-refractivity contribution < 1.29 is 29.0 Å². The average Bonchev–Trinajstić information content (AvgIpc) is 3.39. The van der Waals surface area contributed by atoms with Gasteiger partial charge in [0.2, 0.25) is 5.91 Å². The van der Waals surface area contributed by atoms with E-state index in [1.807, 2.05) is 36.4 Å². The summed E-state index contributed by atoms with van der Waals surface area (Å²) in [6, 6.07) is 15.3. The van der Waals surface area contributed by atoms with E-state index in [-0.39, 0.29) is 25.0 Å². The van der Waals surface area contributed by atoms with Crippen molar-refractivity contribution in [2.24, 2.45) is 5.92 Å². The molecule has 1 heterocycles. The Morgan fingerprint density at radius 1 is 1.09 bits per heavy atom. The number of carboxylic acid groups (broad SMARTS) is 1. The van der Waals surface area contributed by atoms with Gasteiger partial charge < -0.3 is 25.2 Å². The molecule has 2 aromatic rings. The molecule has 1 fully saturated rings. The maximum absolute atomic E-state index is 12.3. The van der Waals surface area contributed by atoms with Gasteiger partial charge >= 0.3 is 12.1 Å². The predicted octanol–water partition coefficient (Wildman–Crippen LogP) is 2.52. The number of rotatable bonds is 7. The number of nitrogens with one attached hydrogen (secondary N) is 2. The summed E-state index contributed by atoms with van der Waals surface area (Å²) < 4.78 is 10.6. The third-order valence-electron chi connectivity index (χ3n) is 6.07. The number of carbonyl (C=O) groups excluding carboxylic acids is 2. The lowest BCUT2D eigenvalue weighted by molar-refractivity contribution is -0.149. The molecule has 2 aliphatic rings. The maximum Gasteiger partial charge on any atom is 0.407 e. The number of carbonyl (C=O) groups is 3. The Morgan fingerprint density at radius 3 is 2.34 bits per heavy atom. The normalized spacial score (nSPS) is 20.2. The molecule has 3 atom stereocenters. The van der Waals surface area contributed by atoms with Crippen LogP contribution in [0.4, 0.5) is 4.79 Å². The van der Waals surface area contributed by atoms with Crippen molar-refractivity contribution in [1.82, 2.24) is 10.6 Å². The highest BCUT2D eigenvalue weighted by atomic mass is 16.5. The van der Waals surface area contributed by atoms with Crippen molar-refractivity contribution in [2.45, 2.75) is 31.4 Å². The molecule has 0 saturated carbocycles. The van der Waals surface area contributed by atoms with E-state index in [1.165, 1.54) is 0 Å². The summed E-state index contributed by atoms with van der Waals surface area (Å²) in [6.07, 6.45) is -1.03. The standard InChI is InChI=1S/C24H26N2O6/c1-14(22(27)25-12-15-10-11-31-21(15)23(28)29)26-24(30)32-13-20-18-8-4-2-6-16(18)17-7-3-5-9-19(17)20/h2-9,14-15,20-21H,10-13H2,1H3,(H,25,27)(H,26,30)(H,28,29)/t14?,15-,21-/m1/s1. The van der Waals surface area contributed by atoms with Crippen LogP contribution >= 0.6 is 0 Å². The molecule has 32 heavy (non-hydrogen) atoms. The fourth-order valence-corrected chi connectivity index (χ4v) is 4.38. The van der Waals surface area contributed by atoms with Crippen LogP contribution in [-0.2, 0) is 19.1 Å². The average molecular weight is 438 g/mol. The van der Waals surface area contributed by atoms with Gasteiger partial charge in [-0.3, -0.25) is 4.79 Å². The van der Waals surface area contributed by atoms with Crippen LogP contribution in [0.5, 0.6) is 0 Å². The summed E-state index contributed by atoms with van der Waals surface area (Å²) >= 11 is 0. The van der Waals surface area contributed by atoms with Crippen LogP contribution in [0.1, 0.15) is 30.4 Å². The van der Waals surface area contributed by atoms with E-state index in [4.69, 9.17) is 14.6 Å². The summed E-state index contributed by atoms with van der Waals surface area (Å²) in [4.78, 5) is 35.8. The SMILES string of the molecule is CC(NC(=O)OCC1c2ccccc2-c2ccccc21)C(=O)NC[C@H]1CCO[C@H]1C(=O)O. The largest absolute Gasteiger partial charge is 0.479 e. The molecule has 168 valence electrons. The highest BCUT2D eigenvalue weighted by molar-refractivity contribution is 5.85. The van der Waals surface area contributed by atoms with Gasteiger partial charge in [0.15, 0.2) is 6.10 Å². The lowest BCUT2D eigenvalue weighted by atomic mass is 9.98. The Morgan fingerprint density at radius 2 is 1.72 bits per heavy atom. The van der Waals surface area contributed by atoms with Gasteiger partial charge in [0.1, 0.15) is 12.6 Å². The van der Waals surface area contributed by atoms with E-state index in [0.29, 0.717) is 13.0 Å². The first-order chi connectivity index (χ1) is 15.5. The molecule has 2 amide bonds. The summed E-state index contributed by atoms with van der Waals surface area (Å²) in [7, 11) is 0. The molecule has 1 unspecified atom stereocenters. The molecule has 1 aliphatic heterocycles. The fourth-order valence-electron chi connectivity index (χ4n) is 4.38. The number of amides is 2. The number of hydrogen-bond donors (Lipinski definition) is 3. The summed E-state index contributed by atoms with van der Waals surface area (Å²) in [5.41, 5.74) is 4.50. The third-order valence-corrected chi connectivity index (χ3v) is 6.07. The topological polar surface area (TPSA) is 114 Å². The van der Waals surface area contributed by atoms with Gasteiger partial charge in [0, 0.05) is 25.0 Å². The minimum atomic E-state index is -1.04. The monoisotopic (exact) mass is 438 g/mol. The molecule has 8 nitrogen and oxygen atoms in total. The molecule has 2 aromatic carbocycles. The van der Waals surface area contributed by atoms with Crippen LogP contribution in [0.15, 0.2) is 48.5 Å². The molecule has 0 bridgehead atoms. The molecule has 3 N–H and O–H groups in total. The number of fused-ring (bicyclic) bond motifs is 3. The Hall–Kier alpha value is -3.39. The van der Waals surface area contributed by atoms with Crippen molar-refractivity contribution >= 4 is 18.0 Å². The van der Waals surface area contributed by atoms with Crippen molar-refractivity contribution in [2.75, 3.05) is 19.8 Å². The predicted molar refractivity (Wildman–Crippen MR) is 116 cm³/mol. The minimum Gasteiger partial charge on any atom is -0.479 e. The molecule has 0 spiro atoms. The van der Waals surface area contributed by atoms with Gasteiger partial charge in [0.05, 0.1) is 0 Å². The number of benzene rings is 2. The Kier molecular flexibility index (Phi) is 6.41. The van der Waals surface area contributed by atoms with Crippen LogP contribution < -0.4 is 10.6 Å². The second-order valence-electron chi connectivity index (χ2n) is 8.12. The zero-order chi connectivity index (χ0) is 22.7. The number of hydrogen-bond acceptors (Lipinski definition) is 5. The van der Waals surface area contributed by atoms with Crippen molar-refractivity contribution in [3.8, 4) is 11.1 Å². The molecule has 1 aliphatic carbocycles. The zero-order valence-corrected chi connectivity index (χ0v) is 17.7. The number of carboxylic acids is 1. The molecule has 4 rings (SSSR count). The van der Waals surface area contributed by atoms with Crippen LogP contribution in [0.3, 0.4) is 0 Å². The molecule has 8 heteroatoms. The first-order valence-corrected chi connectivity index (χ1v) is 10.7. The van der Waals surface area contributed by atoms with E-state index in [0.717, 1.165) is 22.3 Å².